The summed E-state index contributed by atoms with van der Waals surface area (Å²) in [6, 6.07) is 9.20. The van der Waals surface area contributed by atoms with E-state index in [0.29, 0.717) is 5.69 Å². The summed E-state index contributed by atoms with van der Waals surface area (Å²) in [5, 5.41) is 12.9. The Morgan fingerprint density at radius 1 is 1.19 bits per heavy atom. The highest BCUT2D eigenvalue weighted by Gasteiger charge is 2.36. The topological polar surface area (TPSA) is 119 Å². The van der Waals surface area contributed by atoms with E-state index in [0.717, 1.165) is 18.2 Å². The minimum atomic E-state index is -4.57. The molecule has 2 aromatic carbocycles. The van der Waals surface area contributed by atoms with Crippen molar-refractivity contribution < 1.29 is 37.2 Å². The fourth-order valence-corrected chi connectivity index (χ4v) is 3.09. The second kappa shape index (κ2) is 9.04. The number of nitro groups is 1. The molecule has 1 atom stereocenters. The number of hydrogen-bond acceptors (Lipinski definition) is 6. The van der Waals surface area contributed by atoms with Gasteiger partial charge in [-0.05, 0) is 30.3 Å². The van der Waals surface area contributed by atoms with Crippen LogP contribution in [0.4, 0.5) is 30.2 Å². The average Bonchev–Trinajstić information content (AvgIpc) is 3.13. The van der Waals surface area contributed by atoms with Gasteiger partial charge in [0.05, 0.1) is 16.4 Å². The molecule has 1 aliphatic heterocycles. The Balaban J connectivity index is 1.53. The van der Waals surface area contributed by atoms with Gasteiger partial charge < -0.3 is 15.0 Å². The van der Waals surface area contributed by atoms with Gasteiger partial charge >= 0.3 is 12.1 Å². The lowest BCUT2D eigenvalue weighted by Crippen LogP contribution is -2.28. The number of nitrogens with zero attached hydrogens (tertiary/aromatic N) is 2. The molecular formula is C20H16F3N3O6. The number of hydrogen-bond donors (Lipinski definition) is 1. The van der Waals surface area contributed by atoms with Crippen LogP contribution in [0.5, 0.6) is 0 Å². The van der Waals surface area contributed by atoms with Gasteiger partial charge in [-0.3, -0.25) is 24.5 Å². The molecule has 0 saturated carbocycles. The molecule has 1 N–H and O–H groups in total. The predicted molar refractivity (Wildman–Crippen MR) is 105 cm³/mol. The van der Waals surface area contributed by atoms with Crippen molar-refractivity contribution in [2.75, 3.05) is 23.4 Å². The van der Waals surface area contributed by atoms with Gasteiger partial charge in [-0.15, -0.1) is 0 Å². The van der Waals surface area contributed by atoms with E-state index in [2.05, 4.69) is 5.32 Å². The second-order valence-electron chi connectivity index (χ2n) is 6.91. The van der Waals surface area contributed by atoms with Gasteiger partial charge in [0.1, 0.15) is 0 Å². The number of halogens is 3. The summed E-state index contributed by atoms with van der Waals surface area (Å²) in [4.78, 5) is 47.8. The van der Waals surface area contributed by atoms with Crippen LogP contribution in [0.15, 0.2) is 48.5 Å². The Labute approximate surface area is 178 Å². The molecule has 0 spiro atoms. The molecule has 0 aliphatic carbocycles. The molecule has 0 bridgehead atoms. The summed E-state index contributed by atoms with van der Waals surface area (Å²) >= 11 is 0. The predicted octanol–water partition coefficient (Wildman–Crippen LogP) is 3.15. The summed E-state index contributed by atoms with van der Waals surface area (Å²) in [5.41, 5.74) is -0.828. The molecule has 32 heavy (non-hydrogen) atoms. The minimum Gasteiger partial charge on any atom is -0.455 e. The van der Waals surface area contributed by atoms with Crippen LogP contribution >= 0.6 is 0 Å². The van der Waals surface area contributed by atoms with Gasteiger partial charge in [0.15, 0.2) is 6.61 Å². The molecule has 3 rings (SSSR count). The van der Waals surface area contributed by atoms with E-state index in [4.69, 9.17) is 4.74 Å². The number of non-ortho nitro benzene ring substituents is 1. The Kier molecular flexibility index (Phi) is 6.42. The van der Waals surface area contributed by atoms with Crippen molar-refractivity contribution in [3.8, 4) is 0 Å². The van der Waals surface area contributed by atoms with Crippen LogP contribution in [0.2, 0.25) is 0 Å². The third-order valence-corrected chi connectivity index (χ3v) is 4.65. The molecule has 1 heterocycles. The number of esters is 1. The van der Waals surface area contributed by atoms with E-state index in [1.54, 1.807) is 0 Å². The third-order valence-electron chi connectivity index (χ3n) is 4.65. The van der Waals surface area contributed by atoms with Crippen LogP contribution in [0, 0.1) is 16.0 Å². The van der Waals surface area contributed by atoms with Gasteiger partial charge in [-0.25, -0.2) is 0 Å². The monoisotopic (exact) mass is 451 g/mol. The van der Waals surface area contributed by atoms with Crippen molar-refractivity contribution in [3.05, 3.63) is 64.2 Å². The Bertz CT molecular complexity index is 1060. The van der Waals surface area contributed by atoms with Crippen LogP contribution in [0.25, 0.3) is 0 Å². The summed E-state index contributed by atoms with van der Waals surface area (Å²) in [6.45, 7) is -0.776. The number of nitrogens with one attached hydrogen (secondary N) is 1. The van der Waals surface area contributed by atoms with Crippen LogP contribution in [-0.4, -0.2) is 35.9 Å². The number of carbonyl (C=O) groups is 3. The number of benzene rings is 2. The van der Waals surface area contributed by atoms with E-state index in [1.165, 1.54) is 35.2 Å². The molecule has 9 nitrogen and oxygen atoms in total. The van der Waals surface area contributed by atoms with E-state index in [1.807, 2.05) is 0 Å². The number of alkyl halides is 3. The van der Waals surface area contributed by atoms with Gasteiger partial charge in [-0.2, -0.15) is 13.2 Å². The molecule has 1 fully saturated rings. The van der Waals surface area contributed by atoms with E-state index in [-0.39, 0.29) is 24.3 Å². The Morgan fingerprint density at radius 2 is 1.88 bits per heavy atom. The molecule has 0 unspecified atom stereocenters. The zero-order chi connectivity index (χ0) is 23.5. The van der Waals surface area contributed by atoms with Crippen LogP contribution in [-0.2, 0) is 25.3 Å². The summed E-state index contributed by atoms with van der Waals surface area (Å²) < 4.78 is 43.1. The summed E-state index contributed by atoms with van der Waals surface area (Å²) in [5.74, 6) is -2.91. The van der Waals surface area contributed by atoms with Crippen LogP contribution < -0.4 is 10.2 Å². The number of anilines is 2. The van der Waals surface area contributed by atoms with Crippen molar-refractivity contribution in [2.45, 2.75) is 12.6 Å². The molecule has 2 aromatic rings. The van der Waals surface area contributed by atoms with Crippen molar-refractivity contribution in [2.24, 2.45) is 5.92 Å². The molecule has 2 amide bonds. The number of amides is 2. The first-order valence-electron chi connectivity index (χ1n) is 9.23. The maximum Gasteiger partial charge on any atom is 0.416 e. The first-order valence-corrected chi connectivity index (χ1v) is 9.23. The van der Waals surface area contributed by atoms with Gasteiger partial charge in [0.2, 0.25) is 5.91 Å². The lowest BCUT2D eigenvalue weighted by atomic mass is 10.1. The largest absolute Gasteiger partial charge is 0.455 e. The highest BCUT2D eigenvalue weighted by Crippen LogP contribution is 2.31. The van der Waals surface area contributed by atoms with Crippen LogP contribution in [0.3, 0.4) is 0 Å². The highest BCUT2D eigenvalue weighted by atomic mass is 19.4. The van der Waals surface area contributed by atoms with Crippen molar-refractivity contribution >= 4 is 34.8 Å². The standard InChI is InChI=1S/C20H16F3N3O6/c21-20(22,23)13-2-1-3-14(9-13)24-17(27)11-32-19(29)12-8-18(28)25(10-12)15-4-6-16(7-5-15)26(30)31/h1-7,9,12H,8,10-11H2,(H,24,27)/t12-/m1/s1. The molecule has 0 radical (unpaired) electrons. The molecule has 0 aromatic heterocycles. The molecule has 1 aliphatic rings. The fraction of sp³-hybridized carbons (Fsp3) is 0.250. The lowest BCUT2D eigenvalue weighted by Gasteiger charge is -2.16. The Morgan fingerprint density at radius 3 is 2.50 bits per heavy atom. The van der Waals surface area contributed by atoms with E-state index < -0.39 is 47.0 Å². The fourth-order valence-electron chi connectivity index (χ4n) is 3.09. The van der Waals surface area contributed by atoms with Gasteiger partial charge in [0.25, 0.3) is 11.6 Å². The number of ether oxygens (including phenoxy) is 1. The van der Waals surface area contributed by atoms with E-state index >= 15 is 0 Å². The maximum atomic E-state index is 12.7. The van der Waals surface area contributed by atoms with Crippen molar-refractivity contribution in [1.82, 2.24) is 0 Å². The second-order valence-corrected chi connectivity index (χ2v) is 6.91. The third kappa shape index (κ3) is 5.39. The highest BCUT2D eigenvalue weighted by molar-refractivity contribution is 6.00. The summed E-state index contributed by atoms with van der Waals surface area (Å²) in [6.07, 6.45) is -4.75. The van der Waals surface area contributed by atoms with Gasteiger partial charge in [0, 0.05) is 36.5 Å². The normalized spacial score (nSPS) is 16.0. The lowest BCUT2D eigenvalue weighted by molar-refractivity contribution is -0.384. The number of rotatable bonds is 6. The first-order chi connectivity index (χ1) is 15.0. The zero-order valence-corrected chi connectivity index (χ0v) is 16.3. The molecular weight excluding hydrogens is 435 g/mol. The first kappa shape index (κ1) is 22.7. The Hall–Kier alpha value is -3.96. The van der Waals surface area contributed by atoms with Gasteiger partial charge in [-0.1, -0.05) is 6.07 Å². The molecule has 1 saturated heterocycles. The van der Waals surface area contributed by atoms with Crippen molar-refractivity contribution in [1.29, 1.82) is 0 Å². The molecule has 12 heteroatoms. The SMILES string of the molecule is O=C(COC(=O)[C@@H]1CC(=O)N(c2ccc([N+](=O)[O-])cc2)C1)Nc1cccc(C(F)(F)F)c1. The number of carbonyl (C=O) groups excluding carboxylic acids is 3. The maximum absolute atomic E-state index is 12.7. The number of nitro benzene ring substituents is 1. The average molecular weight is 451 g/mol. The smallest absolute Gasteiger partial charge is 0.416 e. The minimum absolute atomic E-state index is 0.0370. The summed E-state index contributed by atoms with van der Waals surface area (Å²) in [7, 11) is 0. The molecule has 168 valence electrons. The quantitative estimate of drug-likeness (QED) is 0.410. The van der Waals surface area contributed by atoms with E-state index in [9.17, 15) is 37.7 Å². The van der Waals surface area contributed by atoms with Crippen molar-refractivity contribution in [3.63, 3.8) is 0 Å². The van der Waals surface area contributed by atoms with Crippen LogP contribution in [0.1, 0.15) is 12.0 Å². The zero-order valence-electron chi connectivity index (χ0n) is 16.3.